The highest BCUT2D eigenvalue weighted by molar-refractivity contribution is 7.19. The number of thiazole rings is 1. The fourth-order valence-corrected chi connectivity index (χ4v) is 3.37. The number of carbonyl (C=O) groups is 1. The molecule has 0 bridgehead atoms. The zero-order chi connectivity index (χ0) is 15.0. The summed E-state index contributed by atoms with van der Waals surface area (Å²) in [4.78, 5) is 19.5. The summed E-state index contributed by atoms with van der Waals surface area (Å²) >= 11 is 1.35. The maximum Gasteiger partial charge on any atom is 0.274 e. The van der Waals surface area contributed by atoms with Gasteiger partial charge in [0.25, 0.3) is 5.91 Å². The molecule has 1 saturated heterocycles. The van der Waals surface area contributed by atoms with Crippen molar-refractivity contribution >= 4 is 22.4 Å². The van der Waals surface area contributed by atoms with E-state index in [0.29, 0.717) is 17.4 Å². The average Bonchev–Trinajstić information content (AvgIpc) is 2.80. The van der Waals surface area contributed by atoms with Gasteiger partial charge >= 0.3 is 0 Å². The van der Waals surface area contributed by atoms with Gasteiger partial charge in [0.05, 0.1) is 4.88 Å². The molecule has 6 heteroatoms. The molecule has 1 fully saturated rings. The van der Waals surface area contributed by atoms with Crippen LogP contribution in [0.3, 0.4) is 0 Å². The van der Waals surface area contributed by atoms with Gasteiger partial charge in [-0.15, -0.1) is 0 Å². The predicted octanol–water partition coefficient (Wildman–Crippen LogP) is 1.87. The van der Waals surface area contributed by atoms with Gasteiger partial charge in [0, 0.05) is 19.1 Å². The molecule has 1 amide bonds. The molecule has 4 N–H and O–H groups in total. The van der Waals surface area contributed by atoms with Crippen LogP contribution in [-0.2, 0) is 0 Å². The molecule has 5 nitrogen and oxygen atoms in total. The van der Waals surface area contributed by atoms with Crippen molar-refractivity contribution < 1.29 is 4.79 Å². The minimum atomic E-state index is -0.0684. The van der Waals surface area contributed by atoms with Crippen molar-refractivity contribution in [2.75, 3.05) is 18.8 Å². The molecule has 0 spiro atoms. The lowest BCUT2D eigenvalue weighted by Gasteiger charge is -2.40. The van der Waals surface area contributed by atoms with E-state index in [0.717, 1.165) is 29.0 Å². The van der Waals surface area contributed by atoms with Crippen molar-refractivity contribution in [2.45, 2.75) is 19.4 Å². The van der Waals surface area contributed by atoms with Gasteiger partial charge < -0.3 is 16.4 Å². The quantitative estimate of drug-likeness (QED) is 0.906. The second-order valence-corrected chi connectivity index (χ2v) is 6.31. The van der Waals surface area contributed by atoms with Gasteiger partial charge in [-0.1, -0.05) is 41.2 Å². The molecular formula is C15H18N4OS. The maximum atomic E-state index is 12.6. The molecular weight excluding hydrogens is 284 g/mol. The van der Waals surface area contributed by atoms with Crippen LogP contribution in [0, 0.1) is 6.92 Å². The number of aromatic nitrogens is 1. The number of carbonyl (C=O) groups excluding carboxylic acids is 1. The van der Waals surface area contributed by atoms with E-state index in [-0.39, 0.29) is 11.9 Å². The van der Waals surface area contributed by atoms with E-state index in [1.165, 1.54) is 11.3 Å². The van der Waals surface area contributed by atoms with Gasteiger partial charge in [-0.3, -0.25) is 4.79 Å². The maximum absolute atomic E-state index is 12.6. The zero-order valence-electron chi connectivity index (χ0n) is 11.9. The number of nitrogens with two attached hydrogens (primary N) is 2. The standard InChI is InChI=1S/C15H18N4OS/c1-9-3-2-4-10(7-9)13-12(18-15(17)21-13)14(20)19-6-5-11(19)8-16/h2-4,7,11H,5-6,8,16H2,1H3,(H2,17,18). The first-order valence-corrected chi connectivity index (χ1v) is 7.76. The summed E-state index contributed by atoms with van der Waals surface area (Å²) in [5, 5.41) is 0.416. The van der Waals surface area contributed by atoms with Crippen molar-refractivity contribution in [2.24, 2.45) is 5.73 Å². The molecule has 2 heterocycles. The van der Waals surface area contributed by atoms with Gasteiger partial charge in [0.2, 0.25) is 0 Å². The number of anilines is 1. The summed E-state index contributed by atoms with van der Waals surface area (Å²) in [6.07, 6.45) is 0.960. The first-order valence-electron chi connectivity index (χ1n) is 6.94. The summed E-state index contributed by atoms with van der Waals surface area (Å²) in [6, 6.07) is 8.15. The Balaban J connectivity index is 1.98. The lowest BCUT2D eigenvalue weighted by Crippen LogP contribution is -2.54. The molecule has 1 atom stereocenters. The number of benzene rings is 1. The van der Waals surface area contributed by atoms with Crippen LogP contribution < -0.4 is 11.5 Å². The lowest BCUT2D eigenvalue weighted by molar-refractivity contribution is 0.0477. The normalized spacial score (nSPS) is 17.6. The third-order valence-electron chi connectivity index (χ3n) is 3.80. The Morgan fingerprint density at radius 1 is 1.52 bits per heavy atom. The number of rotatable bonds is 3. The van der Waals surface area contributed by atoms with Crippen molar-refractivity contribution in [3.63, 3.8) is 0 Å². The Hall–Kier alpha value is -1.92. The summed E-state index contributed by atoms with van der Waals surface area (Å²) in [5.41, 5.74) is 14.1. The molecule has 21 heavy (non-hydrogen) atoms. The monoisotopic (exact) mass is 302 g/mol. The molecule has 0 aliphatic carbocycles. The first kappa shape index (κ1) is 14.0. The van der Waals surface area contributed by atoms with Gasteiger partial charge in [-0.25, -0.2) is 4.98 Å². The topological polar surface area (TPSA) is 85.2 Å². The summed E-state index contributed by atoms with van der Waals surface area (Å²) in [7, 11) is 0. The highest BCUT2D eigenvalue weighted by Gasteiger charge is 2.34. The number of nitrogen functional groups attached to an aromatic ring is 1. The van der Waals surface area contributed by atoms with Crippen LogP contribution in [0.15, 0.2) is 24.3 Å². The molecule has 1 aromatic carbocycles. The van der Waals surface area contributed by atoms with Crippen molar-refractivity contribution in [3.05, 3.63) is 35.5 Å². The number of nitrogens with zero attached hydrogens (tertiary/aromatic N) is 2. The Morgan fingerprint density at radius 3 is 2.95 bits per heavy atom. The molecule has 1 unspecified atom stereocenters. The van der Waals surface area contributed by atoms with Crippen LogP contribution in [0.4, 0.5) is 5.13 Å². The molecule has 1 aliphatic rings. The number of hydrogen-bond donors (Lipinski definition) is 2. The van der Waals surface area contributed by atoms with Crippen LogP contribution in [0.25, 0.3) is 10.4 Å². The van der Waals surface area contributed by atoms with Crippen LogP contribution >= 0.6 is 11.3 Å². The fraction of sp³-hybridized carbons (Fsp3) is 0.333. The van der Waals surface area contributed by atoms with Crippen molar-refractivity contribution in [3.8, 4) is 10.4 Å². The smallest absolute Gasteiger partial charge is 0.274 e. The lowest BCUT2D eigenvalue weighted by atomic mass is 10.0. The van der Waals surface area contributed by atoms with Crippen LogP contribution in [0.5, 0.6) is 0 Å². The molecule has 1 aromatic heterocycles. The van der Waals surface area contributed by atoms with Gasteiger partial charge in [0.1, 0.15) is 5.69 Å². The second kappa shape index (κ2) is 5.46. The Morgan fingerprint density at radius 2 is 2.33 bits per heavy atom. The Bertz CT molecular complexity index is 680. The molecule has 0 radical (unpaired) electrons. The predicted molar refractivity (Wildman–Crippen MR) is 85.2 cm³/mol. The molecule has 3 rings (SSSR count). The van der Waals surface area contributed by atoms with Crippen LogP contribution in [0.2, 0.25) is 0 Å². The van der Waals surface area contributed by atoms with E-state index in [1.807, 2.05) is 31.2 Å². The number of hydrogen-bond acceptors (Lipinski definition) is 5. The highest BCUT2D eigenvalue weighted by Crippen LogP contribution is 2.34. The first-order chi connectivity index (χ1) is 10.1. The molecule has 2 aromatic rings. The third-order valence-corrected chi connectivity index (χ3v) is 4.74. The number of aryl methyl sites for hydroxylation is 1. The summed E-state index contributed by atoms with van der Waals surface area (Å²) < 4.78 is 0. The van der Waals surface area contributed by atoms with E-state index in [4.69, 9.17) is 11.5 Å². The zero-order valence-corrected chi connectivity index (χ0v) is 12.7. The van der Waals surface area contributed by atoms with Crippen molar-refractivity contribution in [1.29, 1.82) is 0 Å². The highest BCUT2D eigenvalue weighted by atomic mass is 32.1. The van der Waals surface area contributed by atoms with Crippen molar-refractivity contribution in [1.82, 2.24) is 9.88 Å². The summed E-state index contributed by atoms with van der Waals surface area (Å²) in [6.45, 7) is 3.26. The SMILES string of the molecule is Cc1cccc(-c2sc(N)nc2C(=O)N2CCC2CN)c1. The summed E-state index contributed by atoms with van der Waals surface area (Å²) in [5.74, 6) is -0.0684. The minimum Gasteiger partial charge on any atom is -0.375 e. The number of amides is 1. The van der Waals surface area contributed by atoms with Crippen LogP contribution in [-0.4, -0.2) is 34.9 Å². The van der Waals surface area contributed by atoms with E-state index in [2.05, 4.69) is 4.98 Å². The minimum absolute atomic E-state index is 0.0684. The molecule has 110 valence electrons. The number of likely N-dealkylation sites (tertiary alicyclic amines) is 1. The van der Waals surface area contributed by atoms with E-state index < -0.39 is 0 Å². The van der Waals surface area contributed by atoms with E-state index in [1.54, 1.807) is 4.90 Å². The average molecular weight is 302 g/mol. The van der Waals surface area contributed by atoms with E-state index >= 15 is 0 Å². The fourth-order valence-electron chi connectivity index (χ4n) is 2.55. The van der Waals surface area contributed by atoms with Crippen LogP contribution in [0.1, 0.15) is 22.5 Å². The molecule has 1 aliphatic heterocycles. The third kappa shape index (κ3) is 2.52. The van der Waals surface area contributed by atoms with E-state index in [9.17, 15) is 4.79 Å². The molecule has 0 saturated carbocycles. The Kier molecular flexibility index (Phi) is 3.65. The van der Waals surface area contributed by atoms with Gasteiger partial charge in [-0.2, -0.15) is 0 Å². The largest absolute Gasteiger partial charge is 0.375 e. The van der Waals surface area contributed by atoms with Gasteiger partial charge in [-0.05, 0) is 18.9 Å². The second-order valence-electron chi connectivity index (χ2n) is 5.28. The van der Waals surface area contributed by atoms with Gasteiger partial charge in [0.15, 0.2) is 5.13 Å². The Labute approximate surface area is 127 Å².